The molecule has 1 fully saturated rings. The molecule has 2 aromatic rings. The van der Waals surface area contributed by atoms with Crippen molar-refractivity contribution < 1.29 is 17.9 Å². The number of sulfonamides is 1. The van der Waals surface area contributed by atoms with Gasteiger partial charge in [-0.3, -0.25) is 9.69 Å². The van der Waals surface area contributed by atoms with Gasteiger partial charge in [-0.15, -0.1) is 0 Å². The SMILES string of the molecule is CC[C@@H](C)c1ccc(NC(=O)CN2CCN(S(=O)(=O)c3ccc(OC)cc3)CC2)cc1. The van der Waals surface area contributed by atoms with E-state index in [2.05, 4.69) is 19.2 Å². The lowest BCUT2D eigenvalue weighted by atomic mass is 9.99. The number of hydrogen-bond acceptors (Lipinski definition) is 5. The molecule has 0 aliphatic carbocycles. The van der Waals surface area contributed by atoms with E-state index >= 15 is 0 Å². The minimum Gasteiger partial charge on any atom is -0.497 e. The van der Waals surface area contributed by atoms with Crippen molar-refractivity contribution in [2.75, 3.05) is 45.2 Å². The molecule has 1 amide bonds. The summed E-state index contributed by atoms with van der Waals surface area (Å²) in [6, 6.07) is 14.4. The average Bonchev–Trinajstić information content (AvgIpc) is 2.79. The average molecular weight is 446 g/mol. The van der Waals surface area contributed by atoms with Gasteiger partial charge >= 0.3 is 0 Å². The molecule has 1 heterocycles. The van der Waals surface area contributed by atoms with Crippen LogP contribution in [0.1, 0.15) is 31.7 Å². The highest BCUT2D eigenvalue weighted by Crippen LogP contribution is 2.22. The summed E-state index contributed by atoms with van der Waals surface area (Å²) in [6.07, 6.45) is 1.08. The molecule has 8 heteroatoms. The molecular weight excluding hydrogens is 414 g/mol. The Bertz CT molecular complexity index is 967. The Morgan fingerprint density at radius 3 is 2.19 bits per heavy atom. The van der Waals surface area contributed by atoms with Crippen molar-refractivity contribution in [1.82, 2.24) is 9.21 Å². The van der Waals surface area contributed by atoms with E-state index in [0.717, 1.165) is 12.1 Å². The van der Waals surface area contributed by atoms with Gasteiger partial charge in [-0.2, -0.15) is 4.31 Å². The van der Waals surface area contributed by atoms with Gasteiger partial charge in [0.1, 0.15) is 5.75 Å². The van der Waals surface area contributed by atoms with Crippen LogP contribution < -0.4 is 10.1 Å². The fraction of sp³-hybridized carbons (Fsp3) is 0.435. The molecule has 1 N–H and O–H groups in total. The van der Waals surface area contributed by atoms with E-state index in [1.54, 1.807) is 31.4 Å². The number of rotatable bonds is 8. The second-order valence-electron chi connectivity index (χ2n) is 7.84. The van der Waals surface area contributed by atoms with E-state index in [9.17, 15) is 13.2 Å². The van der Waals surface area contributed by atoms with Crippen LogP contribution >= 0.6 is 0 Å². The number of amides is 1. The summed E-state index contributed by atoms with van der Waals surface area (Å²) in [6.45, 7) is 6.30. The summed E-state index contributed by atoms with van der Waals surface area (Å²) in [4.78, 5) is 14.6. The molecule has 0 saturated carbocycles. The van der Waals surface area contributed by atoms with E-state index < -0.39 is 10.0 Å². The molecule has 1 aliphatic heterocycles. The van der Waals surface area contributed by atoms with Gasteiger partial charge in [0.05, 0.1) is 18.6 Å². The van der Waals surface area contributed by atoms with E-state index in [-0.39, 0.29) is 17.3 Å². The normalized spacial score (nSPS) is 16.6. The van der Waals surface area contributed by atoms with Crippen molar-refractivity contribution in [2.45, 2.75) is 31.1 Å². The summed E-state index contributed by atoms with van der Waals surface area (Å²) < 4.78 is 32.2. The lowest BCUT2D eigenvalue weighted by molar-refractivity contribution is -0.117. The van der Waals surface area contributed by atoms with Gasteiger partial charge in [0, 0.05) is 31.9 Å². The van der Waals surface area contributed by atoms with Crippen molar-refractivity contribution in [2.24, 2.45) is 0 Å². The minimum absolute atomic E-state index is 0.0947. The Morgan fingerprint density at radius 2 is 1.65 bits per heavy atom. The zero-order chi connectivity index (χ0) is 22.4. The van der Waals surface area contributed by atoms with Crippen molar-refractivity contribution in [3.8, 4) is 5.75 Å². The number of piperazine rings is 1. The zero-order valence-electron chi connectivity index (χ0n) is 18.4. The molecule has 31 heavy (non-hydrogen) atoms. The predicted octanol–water partition coefficient (Wildman–Crippen LogP) is 3.15. The van der Waals surface area contributed by atoms with Crippen LogP contribution in [-0.4, -0.2) is 63.4 Å². The third kappa shape index (κ3) is 5.84. The number of nitrogens with one attached hydrogen (secondary N) is 1. The first-order chi connectivity index (χ1) is 14.8. The Balaban J connectivity index is 1.50. The number of methoxy groups -OCH3 is 1. The van der Waals surface area contributed by atoms with Gasteiger partial charge in [0.2, 0.25) is 15.9 Å². The highest BCUT2D eigenvalue weighted by Gasteiger charge is 2.29. The van der Waals surface area contributed by atoms with Crippen LogP contribution in [0.3, 0.4) is 0 Å². The highest BCUT2D eigenvalue weighted by atomic mass is 32.2. The molecule has 1 aliphatic rings. The second kappa shape index (κ2) is 10.3. The van der Waals surface area contributed by atoms with Crippen molar-refractivity contribution in [3.63, 3.8) is 0 Å². The number of carbonyl (C=O) groups is 1. The predicted molar refractivity (Wildman–Crippen MR) is 122 cm³/mol. The highest BCUT2D eigenvalue weighted by molar-refractivity contribution is 7.89. The molecule has 0 radical (unpaired) electrons. The fourth-order valence-electron chi connectivity index (χ4n) is 3.56. The maximum Gasteiger partial charge on any atom is 0.243 e. The van der Waals surface area contributed by atoms with Crippen LogP contribution in [0.5, 0.6) is 5.75 Å². The third-order valence-corrected chi connectivity index (χ3v) is 7.68. The topological polar surface area (TPSA) is 79.0 Å². The molecule has 0 bridgehead atoms. The Morgan fingerprint density at radius 1 is 1.03 bits per heavy atom. The number of hydrogen-bond donors (Lipinski definition) is 1. The Hall–Kier alpha value is -2.42. The van der Waals surface area contributed by atoms with Crippen molar-refractivity contribution >= 4 is 21.6 Å². The number of ether oxygens (including phenoxy) is 1. The molecule has 168 valence electrons. The Kier molecular flexibility index (Phi) is 7.69. The molecule has 0 spiro atoms. The minimum atomic E-state index is -3.55. The first-order valence-electron chi connectivity index (χ1n) is 10.6. The van der Waals surface area contributed by atoms with Crippen LogP contribution in [0.4, 0.5) is 5.69 Å². The maximum atomic E-state index is 12.8. The number of benzene rings is 2. The number of nitrogens with zero attached hydrogens (tertiary/aromatic N) is 2. The monoisotopic (exact) mass is 445 g/mol. The summed E-state index contributed by atoms with van der Waals surface area (Å²) in [5.74, 6) is 1.02. The van der Waals surface area contributed by atoms with Gasteiger partial charge in [-0.1, -0.05) is 26.0 Å². The van der Waals surface area contributed by atoms with E-state index in [1.165, 1.54) is 9.87 Å². The van der Waals surface area contributed by atoms with Gasteiger partial charge in [-0.05, 0) is 54.3 Å². The first-order valence-corrected chi connectivity index (χ1v) is 12.0. The van der Waals surface area contributed by atoms with Crippen LogP contribution in [0.15, 0.2) is 53.4 Å². The van der Waals surface area contributed by atoms with Crippen LogP contribution in [0, 0.1) is 0 Å². The van der Waals surface area contributed by atoms with E-state index in [4.69, 9.17) is 4.74 Å². The summed E-state index contributed by atoms with van der Waals surface area (Å²) in [7, 11) is -2.01. The van der Waals surface area contributed by atoms with Gasteiger partial charge in [0.25, 0.3) is 0 Å². The largest absolute Gasteiger partial charge is 0.497 e. The molecule has 1 saturated heterocycles. The van der Waals surface area contributed by atoms with Gasteiger partial charge in [-0.25, -0.2) is 8.42 Å². The molecular formula is C23H31N3O4S. The fourth-order valence-corrected chi connectivity index (χ4v) is 4.98. The molecule has 0 unspecified atom stereocenters. The van der Waals surface area contributed by atoms with Crippen LogP contribution in [0.2, 0.25) is 0 Å². The standard InChI is InChI=1S/C23H31N3O4S/c1-4-18(2)19-5-7-20(8-6-19)24-23(27)17-25-13-15-26(16-14-25)31(28,29)22-11-9-21(30-3)10-12-22/h5-12,18H,4,13-17H2,1-3H3,(H,24,27)/t18-/m1/s1. The van der Waals surface area contributed by atoms with Crippen LogP contribution in [0.25, 0.3) is 0 Å². The third-order valence-electron chi connectivity index (χ3n) is 5.77. The second-order valence-corrected chi connectivity index (χ2v) is 9.77. The molecule has 7 nitrogen and oxygen atoms in total. The van der Waals surface area contributed by atoms with Crippen LogP contribution in [-0.2, 0) is 14.8 Å². The van der Waals surface area contributed by atoms with Crippen molar-refractivity contribution in [1.29, 1.82) is 0 Å². The maximum absolute atomic E-state index is 12.8. The summed E-state index contributed by atoms with van der Waals surface area (Å²) >= 11 is 0. The molecule has 2 aromatic carbocycles. The van der Waals surface area contributed by atoms with E-state index in [0.29, 0.717) is 37.8 Å². The summed E-state index contributed by atoms with van der Waals surface area (Å²) in [5, 5.41) is 2.93. The lowest BCUT2D eigenvalue weighted by Gasteiger charge is -2.33. The van der Waals surface area contributed by atoms with Crippen molar-refractivity contribution in [3.05, 3.63) is 54.1 Å². The lowest BCUT2D eigenvalue weighted by Crippen LogP contribution is -2.50. The number of carbonyl (C=O) groups excluding carboxylic acids is 1. The molecule has 3 rings (SSSR count). The van der Waals surface area contributed by atoms with E-state index in [1.807, 2.05) is 29.2 Å². The Labute approximate surface area is 185 Å². The molecule has 0 aromatic heterocycles. The van der Waals surface area contributed by atoms with Gasteiger partial charge in [0.15, 0.2) is 0 Å². The summed E-state index contributed by atoms with van der Waals surface area (Å²) in [5.41, 5.74) is 2.03. The first kappa shape index (κ1) is 23.2. The zero-order valence-corrected chi connectivity index (χ0v) is 19.2. The smallest absolute Gasteiger partial charge is 0.243 e. The van der Waals surface area contributed by atoms with Gasteiger partial charge < -0.3 is 10.1 Å². The number of anilines is 1. The molecule has 1 atom stereocenters. The quantitative estimate of drug-likeness (QED) is 0.675.